The molecule has 0 rings (SSSR count). The molecule has 88 valence electrons. The third-order valence-corrected chi connectivity index (χ3v) is 2.49. The van der Waals surface area contributed by atoms with E-state index < -0.39 is 5.97 Å². The first-order chi connectivity index (χ1) is 7.06. The number of rotatable bonds is 8. The smallest absolute Gasteiger partial charge is 0.303 e. The molecule has 2 nitrogen and oxygen atoms in total. The second kappa shape index (κ2) is 8.51. The van der Waals surface area contributed by atoms with Crippen LogP contribution in [0, 0.1) is 5.92 Å². The van der Waals surface area contributed by atoms with Crippen LogP contribution in [-0.2, 0) is 4.79 Å². The predicted octanol–water partition coefficient (Wildman–Crippen LogP) is 4.01. The van der Waals surface area contributed by atoms with Crippen molar-refractivity contribution in [1.82, 2.24) is 0 Å². The molecule has 1 N–H and O–H groups in total. The fourth-order valence-corrected chi connectivity index (χ4v) is 1.75. The van der Waals surface area contributed by atoms with Gasteiger partial charge in [-0.2, -0.15) is 0 Å². The van der Waals surface area contributed by atoms with Crippen molar-refractivity contribution in [1.29, 1.82) is 0 Å². The highest BCUT2D eigenvalue weighted by atomic mass is 16.4. The summed E-state index contributed by atoms with van der Waals surface area (Å²) in [5, 5.41) is 8.62. The quantitative estimate of drug-likeness (QED) is 0.487. The molecular weight excluding hydrogens is 188 g/mol. The first-order valence-corrected chi connectivity index (χ1v) is 5.93. The topological polar surface area (TPSA) is 37.3 Å². The molecule has 2 heteroatoms. The average molecular weight is 212 g/mol. The van der Waals surface area contributed by atoms with Gasteiger partial charge in [-0.1, -0.05) is 38.3 Å². The number of carboxylic acids is 1. The van der Waals surface area contributed by atoms with Gasteiger partial charge in [0.05, 0.1) is 0 Å². The van der Waals surface area contributed by atoms with Gasteiger partial charge in [0.15, 0.2) is 0 Å². The third kappa shape index (κ3) is 9.51. The summed E-state index contributed by atoms with van der Waals surface area (Å²) in [7, 11) is 0. The van der Waals surface area contributed by atoms with Gasteiger partial charge in [0.2, 0.25) is 0 Å². The maximum Gasteiger partial charge on any atom is 0.303 e. The number of hydrogen-bond donors (Lipinski definition) is 1. The van der Waals surface area contributed by atoms with Crippen molar-refractivity contribution < 1.29 is 9.90 Å². The summed E-state index contributed by atoms with van der Waals surface area (Å²) >= 11 is 0. The molecule has 0 saturated heterocycles. The normalized spacial score (nSPS) is 13.9. The third-order valence-electron chi connectivity index (χ3n) is 2.49. The Balaban J connectivity index is 3.70. The number of carboxylic acid groups (broad SMARTS) is 1. The summed E-state index contributed by atoms with van der Waals surface area (Å²) < 4.78 is 0. The number of carbonyl (C=O) groups is 1. The van der Waals surface area contributed by atoms with E-state index in [1.54, 1.807) is 0 Å². The van der Waals surface area contributed by atoms with Crippen LogP contribution in [0.1, 0.15) is 59.3 Å². The van der Waals surface area contributed by atoms with Gasteiger partial charge in [-0.15, -0.1) is 0 Å². The van der Waals surface area contributed by atoms with Crippen molar-refractivity contribution in [3.63, 3.8) is 0 Å². The molecular formula is C13H24O2. The van der Waals surface area contributed by atoms with Gasteiger partial charge in [-0.3, -0.25) is 4.79 Å². The van der Waals surface area contributed by atoms with Crippen molar-refractivity contribution in [2.45, 2.75) is 59.3 Å². The molecule has 0 fully saturated rings. The molecule has 0 aromatic rings. The van der Waals surface area contributed by atoms with E-state index in [1.807, 2.05) is 6.92 Å². The second-order valence-electron chi connectivity index (χ2n) is 4.45. The van der Waals surface area contributed by atoms with Crippen LogP contribution >= 0.6 is 0 Å². The summed E-state index contributed by atoms with van der Waals surface area (Å²) in [5.74, 6) is -0.439. The van der Waals surface area contributed by atoms with Gasteiger partial charge in [-0.25, -0.2) is 0 Å². The second-order valence-corrected chi connectivity index (χ2v) is 4.45. The molecule has 1 unspecified atom stereocenters. The predicted molar refractivity (Wildman–Crippen MR) is 63.9 cm³/mol. The zero-order chi connectivity index (χ0) is 11.7. The Morgan fingerprint density at radius 1 is 1.33 bits per heavy atom. The van der Waals surface area contributed by atoms with E-state index >= 15 is 0 Å². The fraction of sp³-hybridized carbons (Fsp3) is 0.769. The molecule has 0 amide bonds. The lowest BCUT2D eigenvalue weighted by atomic mass is 9.98. The van der Waals surface area contributed by atoms with E-state index in [4.69, 9.17) is 5.11 Å². The zero-order valence-corrected chi connectivity index (χ0v) is 10.3. The van der Waals surface area contributed by atoms with Crippen LogP contribution < -0.4 is 0 Å². The largest absolute Gasteiger partial charge is 0.481 e. The molecule has 0 radical (unpaired) electrons. The number of unbranched alkanes of at least 4 members (excludes halogenated alkanes) is 3. The Kier molecular flexibility index (Phi) is 8.06. The molecule has 0 aliphatic rings. The first-order valence-electron chi connectivity index (χ1n) is 5.93. The first kappa shape index (κ1) is 14.2. The summed E-state index contributed by atoms with van der Waals surface area (Å²) in [6.07, 6.45) is 8.38. The van der Waals surface area contributed by atoms with E-state index in [2.05, 4.69) is 19.9 Å². The van der Waals surface area contributed by atoms with Gasteiger partial charge < -0.3 is 5.11 Å². The number of hydrogen-bond acceptors (Lipinski definition) is 1. The Hall–Kier alpha value is -0.790. The van der Waals surface area contributed by atoms with E-state index in [0.29, 0.717) is 0 Å². The molecule has 0 aromatic heterocycles. The van der Waals surface area contributed by atoms with Crippen LogP contribution in [0.4, 0.5) is 0 Å². The zero-order valence-electron chi connectivity index (χ0n) is 10.3. The lowest BCUT2D eigenvalue weighted by Gasteiger charge is -2.08. The van der Waals surface area contributed by atoms with Crippen LogP contribution in [0.2, 0.25) is 0 Å². The summed E-state index contributed by atoms with van der Waals surface area (Å²) in [4.78, 5) is 10.5. The minimum absolute atomic E-state index is 0.255. The van der Waals surface area contributed by atoms with Crippen LogP contribution in [0.3, 0.4) is 0 Å². The molecule has 15 heavy (non-hydrogen) atoms. The molecule has 0 aliphatic carbocycles. The summed E-state index contributed by atoms with van der Waals surface area (Å²) in [5.41, 5.74) is 1.33. The Bertz CT molecular complexity index is 207. The highest BCUT2D eigenvalue weighted by Gasteiger charge is 2.07. The van der Waals surface area contributed by atoms with E-state index in [9.17, 15) is 4.79 Å². The minimum atomic E-state index is -0.693. The minimum Gasteiger partial charge on any atom is -0.481 e. The SMILES string of the molecule is CCCCC/C=C(\C)CC(C)CC(=O)O. The van der Waals surface area contributed by atoms with Crippen molar-refractivity contribution >= 4 is 5.97 Å². The van der Waals surface area contributed by atoms with E-state index in [-0.39, 0.29) is 12.3 Å². The Morgan fingerprint density at radius 3 is 2.53 bits per heavy atom. The number of allylic oxidation sites excluding steroid dienone is 2. The molecule has 0 aromatic carbocycles. The van der Waals surface area contributed by atoms with Crippen LogP contribution in [-0.4, -0.2) is 11.1 Å². The van der Waals surface area contributed by atoms with Crippen LogP contribution in [0.25, 0.3) is 0 Å². The molecule has 0 saturated carbocycles. The van der Waals surface area contributed by atoms with E-state index in [1.165, 1.54) is 24.8 Å². The van der Waals surface area contributed by atoms with Crippen LogP contribution in [0.5, 0.6) is 0 Å². The Labute approximate surface area is 93.4 Å². The monoisotopic (exact) mass is 212 g/mol. The van der Waals surface area contributed by atoms with Crippen molar-refractivity contribution in [2.75, 3.05) is 0 Å². The van der Waals surface area contributed by atoms with Crippen LogP contribution in [0.15, 0.2) is 11.6 Å². The Morgan fingerprint density at radius 2 is 2.00 bits per heavy atom. The average Bonchev–Trinajstić information content (AvgIpc) is 2.10. The van der Waals surface area contributed by atoms with Gasteiger partial charge >= 0.3 is 5.97 Å². The summed E-state index contributed by atoms with van der Waals surface area (Å²) in [6, 6.07) is 0. The van der Waals surface area contributed by atoms with Crippen molar-refractivity contribution in [2.24, 2.45) is 5.92 Å². The van der Waals surface area contributed by atoms with Gasteiger partial charge in [-0.05, 0) is 32.1 Å². The van der Waals surface area contributed by atoms with Gasteiger partial charge in [0.1, 0.15) is 0 Å². The van der Waals surface area contributed by atoms with E-state index in [0.717, 1.165) is 12.8 Å². The fourth-order valence-electron chi connectivity index (χ4n) is 1.75. The van der Waals surface area contributed by atoms with Gasteiger partial charge in [0.25, 0.3) is 0 Å². The molecule has 0 heterocycles. The lowest BCUT2D eigenvalue weighted by molar-refractivity contribution is -0.137. The maximum atomic E-state index is 10.5. The summed E-state index contributed by atoms with van der Waals surface area (Å²) in [6.45, 7) is 6.30. The van der Waals surface area contributed by atoms with Crippen molar-refractivity contribution in [3.8, 4) is 0 Å². The molecule has 0 bridgehead atoms. The molecule has 1 atom stereocenters. The number of aliphatic carboxylic acids is 1. The maximum absolute atomic E-state index is 10.5. The molecule has 0 aliphatic heterocycles. The van der Waals surface area contributed by atoms with Gasteiger partial charge in [0, 0.05) is 6.42 Å². The highest BCUT2D eigenvalue weighted by molar-refractivity contribution is 5.66. The lowest BCUT2D eigenvalue weighted by Crippen LogP contribution is -2.04. The highest BCUT2D eigenvalue weighted by Crippen LogP contribution is 2.15. The molecule has 0 spiro atoms. The standard InChI is InChI=1S/C13H24O2/c1-4-5-6-7-8-11(2)9-12(3)10-13(14)15/h8,12H,4-7,9-10H2,1-3H3,(H,14,15)/b11-8+. The van der Waals surface area contributed by atoms with Crippen molar-refractivity contribution in [3.05, 3.63) is 11.6 Å².